The van der Waals surface area contributed by atoms with Gasteiger partial charge in [0.25, 0.3) is 5.91 Å². The summed E-state index contributed by atoms with van der Waals surface area (Å²) >= 11 is 12.6. The molecule has 3 amide bonds. The number of nitrogens with zero attached hydrogens (tertiary/aromatic N) is 3. The first-order valence-corrected chi connectivity index (χ1v) is 13.9. The van der Waals surface area contributed by atoms with Crippen LogP contribution in [0.15, 0.2) is 48.5 Å². The van der Waals surface area contributed by atoms with Gasteiger partial charge in [-0.3, -0.25) is 4.79 Å². The van der Waals surface area contributed by atoms with Crippen molar-refractivity contribution in [2.45, 2.75) is 45.1 Å². The summed E-state index contributed by atoms with van der Waals surface area (Å²) < 4.78 is 0. The fraction of sp³-hybridized carbons (Fsp3) is 0.517. The van der Waals surface area contributed by atoms with Crippen LogP contribution in [0, 0.1) is 5.41 Å². The summed E-state index contributed by atoms with van der Waals surface area (Å²) in [5.74, 6) is 0.132. The molecule has 0 spiro atoms. The van der Waals surface area contributed by atoms with Gasteiger partial charge in [0.2, 0.25) is 0 Å². The predicted octanol–water partition coefficient (Wildman–Crippen LogP) is 5.76. The molecule has 2 aliphatic rings. The van der Waals surface area contributed by atoms with E-state index in [2.05, 4.69) is 24.1 Å². The number of carbonyl (C=O) groups excluding carboxylic acids is 2. The predicted molar refractivity (Wildman–Crippen MR) is 151 cm³/mol. The van der Waals surface area contributed by atoms with Gasteiger partial charge in [-0.1, -0.05) is 61.3 Å². The Balaban J connectivity index is 1.38. The highest BCUT2D eigenvalue weighted by molar-refractivity contribution is 6.42. The lowest BCUT2D eigenvalue weighted by atomic mass is 9.89. The molecule has 2 heterocycles. The Morgan fingerprint density at radius 3 is 2.49 bits per heavy atom. The monoisotopic (exact) mass is 544 g/mol. The fourth-order valence-corrected chi connectivity index (χ4v) is 5.74. The second-order valence-corrected chi connectivity index (χ2v) is 12.0. The van der Waals surface area contributed by atoms with Crippen LogP contribution in [0.4, 0.5) is 4.79 Å². The average molecular weight is 546 g/mol. The molecule has 2 aliphatic heterocycles. The van der Waals surface area contributed by atoms with E-state index in [1.807, 2.05) is 60.5 Å². The third-order valence-electron chi connectivity index (χ3n) is 7.65. The van der Waals surface area contributed by atoms with Gasteiger partial charge in [-0.2, -0.15) is 0 Å². The summed E-state index contributed by atoms with van der Waals surface area (Å²) in [5, 5.41) is 4.12. The van der Waals surface area contributed by atoms with Crippen molar-refractivity contribution in [3.63, 3.8) is 0 Å². The maximum absolute atomic E-state index is 13.0. The van der Waals surface area contributed by atoms with E-state index < -0.39 is 0 Å². The summed E-state index contributed by atoms with van der Waals surface area (Å²) in [4.78, 5) is 31.8. The molecule has 0 bridgehead atoms. The van der Waals surface area contributed by atoms with E-state index in [1.54, 1.807) is 4.90 Å². The quantitative estimate of drug-likeness (QED) is 0.459. The number of rotatable bonds is 8. The third kappa shape index (κ3) is 7.18. The summed E-state index contributed by atoms with van der Waals surface area (Å²) in [7, 11) is 1.86. The van der Waals surface area contributed by atoms with Crippen molar-refractivity contribution in [1.29, 1.82) is 0 Å². The zero-order valence-electron chi connectivity index (χ0n) is 22.1. The normalized spacial score (nSPS) is 19.4. The van der Waals surface area contributed by atoms with Crippen LogP contribution in [0.5, 0.6) is 0 Å². The second-order valence-electron chi connectivity index (χ2n) is 11.2. The van der Waals surface area contributed by atoms with Crippen LogP contribution in [-0.4, -0.2) is 79.0 Å². The van der Waals surface area contributed by atoms with Crippen molar-refractivity contribution in [3.8, 4) is 0 Å². The molecule has 8 heteroatoms. The number of likely N-dealkylation sites (tertiary alicyclic amines) is 1. The maximum atomic E-state index is 13.0. The summed E-state index contributed by atoms with van der Waals surface area (Å²) in [5.41, 5.74) is 1.87. The molecule has 2 saturated heterocycles. The lowest BCUT2D eigenvalue weighted by Gasteiger charge is -2.45. The molecule has 0 unspecified atom stereocenters. The van der Waals surface area contributed by atoms with E-state index in [1.165, 1.54) is 0 Å². The number of carbonyl (C=O) groups is 2. The molecule has 2 aromatic carbocycles. The molecule has 6 nitrogen and oxygen atoms in total. The number of likely N-dealkylation sites (N-methyl/N-ethyl adjacent to an activating group) is 1. The number of hydrogen-bond acceptors (Lipinski definition) is 3. The fourth-order valence-electron chi connectivity index (χ4n) is 5.44. The lowest BCUT2D eigenvalue weighted by molar-refractivity contribution is 0.0734. The molecule has 1 N–H and O–H groups in total. The third-order valence-corrected chi connectivity index (χ3v) is 8.38. The van der Waals surface area contributed by atoms with Crippen molar-refractivity contribution in [3.05, 3.63) is 69.7 Å². The number of urea groups is 1. The van der Waals surface area contributed by atoms with Gasteiger partial charge in [-0.05, 0) is 61.1 Å². The van der Waals surface area contributed by atoms with Crippen LogP contribution in [-0.2, 0) is 0 Å². The highest BCUT2D eigenvalue weighted by Gasteiger charge is 2.36. The van der Waals surface area contributed by atoms with E-state index in [0.717, 1.165) is 57.5 Å². The molecule has 0 radical (unpaired) electrons. The Hall–Kier alpha value is -2.28. The molecule has 0 aromatic heterocycles. The van der Waals surface area contributed by atoms with E-state index in [-0.39, 0.29) is 29.3 Å². The Morgan fingerprint density at radius 1 is 1.11 bits per heavy atom. The van der Waals surface area contributed by atoms with Crippen molar-refractivity contribution >= 4 is 35.1 Å². The van der Waals surface area contributed by atoms with Crippen LogP contribution in [0.3, 0.4) is 0 Å². The molecule has 2 aromatic rings. The number of benzene rings is 2. The molecule has 1 atom stereocenters. The number of nitrogens with one attached hydrogen (secondary N) is 1. The van der Waals surface area contributed by atoms with Gasteiger partial charge in [-0.25, -0.2) is 4.79 Å². The topological polar surface area (TPSA) is 55.9 Å². The van der Waals surface area contributed by atoms with Gasteiger partial charge >= 0.3 is 6.03 Å². The Morgan fingerprint density at radius 2 is 1.81 bits per heavy atom. The van der Waals surface area contributed by atoms with E-state index in [0.29, 0.717) is 22.2 Å². The zero-order chi connectivity index (χ0) is 26.6. The van der Waals surface area contributed by atoms with Crippen LogP contribution in [0.1, 0.15) is 54.9 Å². The van der Waals surface area contributed by atoms with Gasteiger partial charge in [-0.15, -0.1) is 0 Å². The van der Waals surface area contributed by atoms with Gasteiger partial charge in [0, 0.05) is 57.3 Å². The lowest BCUT2D eigenvalue weighted by Crippen LogP contribution is -2.59. The molecular weight excluding hydrogens is 507 g/mol. The SMILES string of the molecule is CN(C[C@@H](CCN1CCC(N2CC(C)(C)CNC2=O)CC1)c1ccc(Cl)c(Cl)c1)C(=O)c1ccccc1. The highest BCUT2D eigenvalue weighted by atomic mass is 35.5. The van der Waals surface area contributed by atoms with Gasteiger partial charge in [0.05, 0.1) is 10.0 Å². The van der Waals surface area contributed by atoms with Crippen LogP contribution >= 0.6 is 23.2 Å². The van der Waals surface area contributed by atoms with Crippen molar-refractivity contribution in [2.75, 3.05) is 46.3 Å². The molecular formula is C29H38Cl2N4O2. The molecule has 2 fully saturated rings. The number of halogens is 2. The van der Waals surface area contributed by atoms with Crippen LogP contribution < -0.4 is 5.32 Å². The van der Waals surface area contributed by atoms with E-state index in [4.69, 9.17) is 23.2 Å². The van der Waals surface area contributed by atoms with Gasteiger partial charge in [0.15, 0.2) is 0 Å². The largest absolute Gasteiger partial charge is 0.341 e. The van der Waals surface area contributed by atoms with Gasteiger partial charge < -0.3 is 20.0 Å². The summed E-state index contributed by atoms with van der Waals surface area (Å²) in [6.45, 7) is 9.38. The van der Waals surface area contributed by atoms with Crippen molar-refractivity contribution in [2.24, 2.45) is 5.41 Å². The Kier molecular flexibility index (Phi) is 9.04. The minimum atomic E-state index is 0.00853. The molecule has 0 saturated carbocycles. The number of amides is 3. The van der Waals surface area contributed by atoms with Crippen molar-refractivity contribution in [1.82, 2.24) is 20.0 Å². The van der Waals surface area contributed by atoms with E-state index in [9.17, 15) is 9.59 Å². The van der Waals surface area contributed by atoms with E-state index >= 15 is 0 Å². The molecule has 0 aliphatic carbocycles. The Bertz CT molecular complexity index is 1090. The number of hydrogen-bond donors (Lipinski definition) is 1. The highest BCUT2D eigenvalue weighted by Crippen LogP contribution is 2.30. The first-order chi connectivity index (χ1) is 17.6. The minimum absolute atomic E-state index is 0.00853. The summed E-state index contributed by atoms with van der Waals surface area (Å²) in [6.07, 6.45) is 2.85. The Labute approximate surface area is 230 Å². The first kappa shape index (κ1) is 27.7. The number of piperidine rings is 1. The first-order valence-electron chi connectivity index (χ1n) is 13.2. The molecule has 4 rings (SSSR count). The standard InChI is InChI=1S/C29H38Cl2N4O2/c1-29(2)19-32-28(37)35(20-29)24-12-15-34(16-13-24)14-11-23(22-9-10-25(30)26(31)17-22)18-33(3)27(36)21-7-5-4-6-8-21/h4-10,17,23-24H,11-16,18-20H2,1-3H3,(H,32,37)/t23-/m1/s1. The molecule has 37 heavy (non-hydrogen) atoms. The summed E-state index contributed by atoms with van der Waals surface area (Å²) in [6, 6.07) is 15.5. The molecule has 200 valence electrons. The smallest absolute Gasteiger partial charge is 0.317 e. The zero-order valence-corrected chi connectivity index (χ0v) is 23.6. The van der Waals surface area contributed by atoms with Crippen LogP contribution in [0.2, 0.25) is 10.0 Å². The minimum Gasteiger partial charge on any atom is -0.341 e. The van der Waals surface area contributed by atoms with Gasteiger partial charge in [0.1, 0.15) is 0 Å². The maximum Gasteiger partial charge on any atom is 0.317 e. The van der Waals surface area contributed by atoms with Crippen molar-refractivity contribution < 1.29 is 9.59 Å². The van der Waals surface area contributed by atoms with Crippen LogP contribution in [0.25, 0.3) is 0 Å². The average Bonchev–Trinajstić information content (AvgIpc) is 2.90. The second kappa shape index (κ2) is 12.1.